The maximum atomic E-state index is 11.7. The van der Waals surface area contributed by atoms with E-state index >= 15 is 0 Å². The van der Waals surface area contributed by atoms with E-state index in [9.17, 15) is 9.59 Å². The van der Waals surface area contributed by atoms with E-state index in [0.29, 0.717) is 0 Å². The van der Waals surface area contributed by atoms with Gasteiger partial charge in [0, 0.05) is 6.42 Å². The van der Waals surface area contributed by atoms with Crippen LogP contribution in [0.3, 0.4) is 0 Å². The maximum absolute atomic E-state index is 11.7. The smallest absolute Gasteiger partial charge is 0.347 e. The second-order valence-electron chi connectivity index (χ2n) is 3.81. The molecule has 0 amide bonds. The first-order valence-corrected chi connectivity index (χ1v) is 5.06. The largest absolute Gasteiger partial charge is 0.482 e. The molecule has 0 aromatic carbocycles. The first-order chi connectivity index (χ1) is 7.45. The molecular weight excluding hydrogens is 212 g/mol. The molecule has 0 spiro atoms. The number of hydrogen-bond donors (Lipinski definition) is 0. The molecule has 1 rings (SSSR count). The molecule has 0 N–H and O–H groups in total. The molecule has 0 aromatic rings. The van der Waals surface area contributed by atoms with Crippen molar-refractivity contribution in [3.05, 3.63) is 12.3 Å². The molecule has 0 saturated carbocycles. The molecule has 1 aliphatic heterocycles. The fourth-order valence-electron chi connectivity index (χ4n) is 1.58. The number of carbonyl (C=O) groups excluding carboxylic acids is 2. The van der Waals surface area contributed by atoms with Crippen LogP contribution >= 0.6 is 0 Å². The van der Waals surface area contributed by atoms with Crippen molar-refractivity contribution in [1.29, 1.82) is 0 Å². The van der Waals surface area contributed by atoms with Gasteiger partial charge in [0.2, 0.25) is 0 Å². The second kappa shape index (κ2) is 4.55. The standard InChI is InChI=1S/C11H16O5/c1-5-15-10(13)11(3)6-8(9(12)14-4)16-7(11)2/h8H,2,5-6H2,1,3-4H3. The highest BCUT2D eigenvalue weighted by atomic mass is 16.6. The van der Waals surface area contributed by atoms with E-state index in [4.69, 9.17) is 9.47 Å². The summed E-state index contributed by atoms with van der Waals surface area (Å²) in [6.45, 7) is 7.30. The molecule has 0 aliphatic carbocycles. The lowest BCUT2D eigenvalue weighted by Gasteiger charge is -2.19. The molecule has 1 heterocycles. The third kappa shape index (κ3) is 2.03. The highest BCUT2D eigenvalue weighted by Gasteiger charge is 2.50. The van der Waals surface area contributed by atoms with Crippen molar-refractivity contribution >= 4 is 11.9 Å². The molecular formula is C11H16O5. The molecule has 1 fully saturated rings. The summed E-state index contributed by atoms with van der Waals surface area (Å²) in [5.74, 6) is -0.679. The van der Waals surface area contributed by atoms with Crippen molar-refractivity contribution < 1.29 is 23.8 Å². The third-order valence-corrected chi connectivity index (χ3v) is 2.68. The molecule has 0 radical (unpaired) electrons. The topological polar surface area (TPSA) is 61.8 Å². The van der Waals surface area contributed by atoms with Gasteiger partial charge in [-0.15, -0.1) is 0 Å². The Morgan fingerprint density at radius 2 is 2.25 bits per heavy atom. The van der Waals surface area contributed by atoms with Gasteiger partial charge in [-0.3, -0.25) is 4.79 Å². The Labute approximate surface area is 94.4 Å². The van der Waals surface area contributed by atoms with Gasteiger partial charge in [-0.25, -0.2) is 4.79 Å². The number of ether oxygens (including phenoxy) is 3. The third-order valence-electron chi connectivity index (χ3n) is 2.68. The van der Waals surface area contributed by atoms with Crippen LogP contribution in [-0.4, -0.2) is 31.8 Å². The lowest BCUT2D eigenvalue weighted by molar-refractivity contribution is -0.152. The average molecular weight is 228 g/mol. The van der Waals surface area contributed by atoms with E-state index in [2.05, 4.69) is 11.3 Å². The second-order valence-corrected chi connectivity index (χ2v) is 3.81. The van der Waals surface area contributed by atoms with Gasteiger partial charge in [0.1, 0.15) is 11.2 Å². The zero-order chi connectivity index (χ0) is 12.3. The summed E-state index contributed by atoms with van der Waals surface area (Å²) in [6, 6.07) is 0. The van der Waals surface area contributed by atoms with Crippen LogP contribution in [0.25, 0.3) is 0 Å². The summed E-state index contributed by atoms with van der Waals surface area (Å²) in [5.41, 5.74) is -0.963. The van der Waals surface area contributed by atoms with E-state index in [0.717, 1.165) is 0 Å². The Bertz CT molecular complexity index is 322. The van der Waals surface area contributed by atoms with Gasteiger partial charge in [-0.1, -0.05) is 6.58 Å². The molecule has 2 unspecified atom stereocenters. The molecule has 1 saturated heterocycles. The Morgan fingerprint density at radius 3 is 2.75 bits per heavy atom. The summed E-state index contributed by atoms with van der Waals surface area (Å²) in [4.78, 5) is 23.0. The number of esters is 2. The molecule has 5 nitrogen and oxygen atoms in total. The predicted molar refractivity (Wildman–Crippen MR) is 55.4 cm³/mol. The average Bonchev–Trinajstić information content (AvgIpc) is 2.56. The lowest BCUT2D eigenvalue weighted by Crippen LogP contribution is -2.30. The number of methoxy groups -OCH3 is 1. The van der Waals surface area contributed by atoms with Gasteiger partial charge in [-0.2, -0.15) is 0 Å². The summed E-state index contributed by atoms with van der Waals surface area (Å²) in [5, 5.41) is 0. The minimum atomic E-state index is -0.963. The Balaban J connectivity index is 2.80. The van der Waals surface area contributed by atoms with Crippen molar-refractivity contribution in [3.63, 3.8) is 0 Å². The number of hydrogen-bond acceptors (Lipinski definition) is 5. The predicted octanol–water partition coefficient (Wildman–Crippen LogP) is 1.03. The molecule has 0 aromatic heterocycles. The summed E-state index contributed by atoms with van der Waals surface area (Å²) in [6.07, 6.45) is -0.566. The van der Waals surface area contributed by atoms with Crippen molar-refractivity contribution in [3.8, 4) is 0 Å². The van der Waals surface area contributed by atoms with Crippen LogP contribution in [0.4, 0.5) is 0 Å². The van der Waals surface area contributed by atoms with Crippen molar-refractivity contribution in [2.75, 3.05) is 13.7 Å². The van der Waals surface area contributed by atoms with Crippen LogP contribution in [0.2, 0.25) is 0 Å². The number of rotatable bonds is 3. The van der Waals surface area contributed by atoms with Gasteiger partial charge in [-0.05, 0) is 13.8 Å². The van der Waals surface area contributed by atoms with Crippen LogP contribution in [0, 0.1) is 5.41 Å². The molecule has 16 heavy (non-hydrogen) atoms. The molecule has 1 aliphatic rings. The SMILES string of the molecule is C=C1OC(C(=O)OC)CC1(C)C(=O)OCC. The highest BCUT2D eigenvalue weighted by molar-refractivity contribution is 5.83. The van der Waals surface area contributed by atoms with Gasteiger partial charge in [0.15, 0.2) is 6.10 Å². The van der Waals surface area contributed by atoms with E-state index in [-0.39, 0.29) is 18.8 Å². The fraction of sp³-hybridized carbons (Fsp3) is 0.636. The Morgan fingerprint density at radius 1 is 1.62 bits per heavy atom. The molecule has 5 heteroatoms. The quantitative estimate of drug-likeness (QED) is 0.675. The molecule has 2 atom stereocenters. The van der Waals surface area contributed by atoms with Gasteiger partial charge in [0.25, 0.3) is 0 Å². The first-order valence-electron chi connectivity index (χ1n) is 5.06. The summed E-state index contributed by atoms with van der Waals surface area (Å²) >= 11 is 0. The number of carbonyl (C=O) groups is 2. The van der Waals surface area contributed by atoms with Crippen LogP contribution in [0.5, 0.6) is 0 Å². The van der Waals surface area contributed by atoms with E-state index < -0.39 is 23.5 Å². The normalized spacial score (nSPS) is 28.4. The van der Waals surface area contributed by atoms with E-state index in [1.54, 1.807) is 13.8 Å². The van der Waals surface area contributed by atoms with Gasteiger partial charge < -0.3 is 14.2 Å². The highest BCUT2D eigenvalue weighted by Crippen LogP contribution is 2.41. The van der Waals surface area contributed by atoms with E-state index in [1.165, 1.54) is 7.11 Å². The minimum absolute atomic E-state index is 0.206. The van der Waals surface area contributed by atoms with Crippen molar-refractivity contribution in [2.24, 2.45) is 5.41 Å². The first kappa shape index (κ1) is 12.5. The zero-order valence-corrected chi connectivity index (χ0v) is 9.74. The molecule has 0 bridgehead atoms. The zero-order valence-electron chi connectivity index (χ0n) is 9.74. The lowest BCUT2D eigenvalue weighted by atomic mass is 9.85. The fourth-order valence-corrected chi connectivity index (χ4v) is 1.58. The van der Waals surface area contributed by atoms with Crippen molar-refractivity contribution in [2.45, 2.75) is 26.4 Å². The van der Waals surface area contributed by atoms with E-state index in [1.807, 2.05) is 0 Å². The maximum Gasteiger partial charge on any atom is 0.347 e. The van der Waals surface area contributed by atoms with Crippen LogP contribution in [0.15, 0.2) is 12.3 Å². The van der Waals surface area contributed by atoms with Gasteiger partial charge >= 0.3 is 11.9 Å². The summed E-state index contributed by atoms with van der Waals surface area (Å²) in [7, 11) is 1.27. The minimum Gasteiger partial charge on any atom is -0.482 e. The summed E-state index contributed by atoms with van der Waals surface area (Å²) < 4.78 is 14.7. The Hall–Kier alpha value is -1.52. The molecule has 90 valence electrons. The van der Waals surface area contributed by atoms with Crippen LogP contribution < -0.4 is 0 Å². The Kier molecular flexibility index (Phi) is 3.57. The van der Waals surface area contributed by atoms with Crippen LogP contribution in [-0.2, 0) is 23.8 Å². The van der Waals surface area contributed by atoms with Crippen LogP contribution in [0.1, 0.15) is 20.3 Å². The van der Waals surface area contributed by atoms with Gasteiger partial charge in [0.05, 0.1) is 13.7 Å². The monoisotopic (exact) mass is 228 g/mol. The van der Waals surface area contributed by atoms with Crippen molar-refractivity contribution in [1.82, 2.24) is 0 Å².